The molecular formula is C27H29ClFN5O4. The van der Waals surface area contributed by atoms with Crippen molar-refractivity contribution < 1.29 is 23.4 Å². The summed E-state index contributed by atoms with van der Waals surface area (Å²) in [5.41, 5.74) is 1.60. The van der Waals surface area contributed by atoms with Gasteiger partial charge in [-0.05, 0) is 37.6 Å². The maximum Gasteiger partial charge on any atom is 0.248 e. The molecule has 2 N–H and O–H groups in total. The number of aromatic nitrogens is 2. The van der Waals surface area contributed by atoms with E-state index in [1.165, 1.54) is 31.0 Å². The number of anilines is 3. The molecule has 5 rings (SSSR count). The van der Waals surface area contributed by atoms with E-state index in [0.717, 1.165) is 13.1 Å². The van der Waals surface area contributed by atoms with E-state index in [9.17, 15) is 9.18 Å². The third-order valence-corrected chi connectivity index (χ3v) is 6.84. The Bertz CT molecular complexity index is 1330. The number of ether oxygens (including phenoxy) is 3. The van der Waals surface area contributed by atoms with Crippen LogP contribution in [-0.2, 0) is 14.3 Å². The number of carbonyl (C=O) groups excluding carboxylic acids is 1. The summed E-state index contributed by atoms with van der Waals surface area (Å²) in [7, 11) is 0. The first kappa shape index (κ1) is 26.3. The number of halogens is 2. The summed E-state index contributed by atoms with van der Waals surface area (Å²) in [6, 6.07) is 8.34. The summed E-state index contributed by atoms with van der Waals surface area (Å²) < 4.78 is 30.8. The van der Waals surface area contributed by atoms with E-state index in [1.807, 2.05) is 6.08 Å². The van der Waals surface area contributed by atoms with Crippen LogP contribution in [0.25, 0.3) is 10.9 Å². The van der Waals surface area contributed by atoms with Crippen LogP contribution >= 0.6 is 11.6 Å². The van der Waals surface area contributed by atoms with E-state index in [-0.39, 0.29) is 23.6 Å². The lowest BCUT2D eigenvalue weighted by Crippen LogP contribution is -2.45. The highest BCUT2D eigenvalue weighted by atomic mass is 35.5. The van der Waals surface area contributed by atoms with E-state index < -0.39 is 5.82 Å². The fraction of sp³-hybridized carbons (Fsp3) is 0.370. The van der Waals surface area contributed by atoms with Gasteiger partial charge in [0.05, 0.1) is 36.0 Å². The summed E-state index contributed by atoms with van der Waals surface area (Å²) in [5.74, 6) is 0.113. The van der Waals surface area contributed by atoms with Gasteiger partial charge in [-0.15, -0.1) is 0 Å². The monoisotopic (exact) mass is 541 g/mol. The van der Waals surface area contributed by atoms with Gasteiger partial charge in [0.1, 0.15) is 36.4 Å². The Balaban J connectivity index is 1.40. The Morgan fingerprint density at radius 3 is 2.92 bits per heavy atom. The number of nitrogens with one attached hydrogen (secondary N) is 2. The van der Waals surface area contributed by atoms with Crippen molar-refractivity contribution in [3.8, 4) is 5.75 Å². The molecule has 0 radical (unpaired) electrons. The fourth-order valence-corrected chi connectivity index (χ4v) is 4.42. The van der Waals surface area contributed by atoms with Crippen molar-refractivity contribution in [3.63, 3.8) is 0 Å². The zero-order valence-corrected chi connectivity index (χ0v) is 21.7. The van der Waals surface area contributed by atoms with Gasteiger partial charge in [0, 0.05) is 42.3 Å². The molecule has 38 heavy (non-hydrogen) atoms. The number of amides is 1. The molecule has 9 nitrogen and oxygen atoms in total. The average Bonchev–Trinajstić information content (AvgIpc) is 2.92. The molecule has 2 aromatic carbocycles. The molecule has 2 atom stereocenters. The predicted octanol–water partition coefficient (Wildman–Crippen LogP) is 4.55. The van der Waals surface area contributed by atoms with Crippen LogP contribution in [0.1, 0.15) is 13.3 Å². The van der Waals surface area contributed by atoms with Crippen LogP contribution in [0.3, 0.4) is 0 Å². The lowest BCUT2D eigenvalue weighted by Gasteiger charge is -2.37. The van der Waals surface area contributed by atoms with Crippen molar-refractivity contribution in [2.75, 3.05) is 50.2 Å². The predicted molar refractivity (Wildman–Crippen MR) is 144 cm³/mol. The normalized spacial score (nSPS) is 19.9. The Morgan fingerprint density at radius 2 is 2.18 bits per heavy atom. The molecule has 200 valence electrons. The second-order valence-electron chi connectivity index (χ2n) is 9.24. The van der Waals surface area contributed by atoms with Crippen LogP contribution in [0.4, 0.5) is 21.6 Å². The molecule has 1 amide bonds. The van der Waals surface area contributed by atoms with E-state index in [1.54, 1.807) is 18.2 Å². The van der Waals surface area contributed by atoms with E-state index in [4.69, 9.17) is 25.8 Å². The van der Waals surface area contributed by atoms with Gasteiger partial charge in [0.25, 0.3) is 0 Å². The molecule has 2 fully saturated rings. The second kappa shape index (κ2) is 12.0. The second-order valence-corrected chi connectivity index (χ2v) is 9.65. The molecule has 0 bridgehead atoms. The third kappa shape index (κ3) is 6.39. The highest BCUT2D eigenvalue weighted by Gasteiger charge is 2.22. The summed E-state index contributed by atoms with van der Waals surface area (Å²) >= 11 is 5.94. The van der Waals surface area contributed by atoms with E-state index in [2.05, 4.69) is 32.4 Å². The quantitative estimate of drug-likeness (QED) is 0.381. The van der Waals surface area contributed by atoms with E-state index in [0.29, 0.717) is 59.7 Å². The van der Waals surface area contributed by atoms with Gasteiger partial charge in [-0.1, -0.05) is 17.7 Å². The van der Waals surface area contributed by atoms with Crippen LogP contribution < -0.4 is 15.4 Å². The molecule has 0 saturated carbocycles. The Morgan fingerprint density at radius 1 is 1.29 bits per heavy atom. The van der Waals surface area contributed by atoms with Crippen LogP contribution in [-0.4, -0.2) is 72.4 Å². The third-order valence-electron chi connectivity index (χ3n) is 6.55. The number of nitrogens with zero attached hydrogens (tertiary/aromatic N) is 3. The molecule has 2 aliphatic rings. The van der Waals surface area contributed by atoms with Crippen molar-refractivity contribution in [2.24, 2.45) is 0 Å². The van der Waals surface area contributed by atoms with Gasteiger partial charge in [-0.2, -0.15) is 0 Å². The minimum atomic E-state index is -0.513. The molecule has 2 aliphatic heterocycles. The minimum Gasteiger partial charge on any atom is -0.489 e. The van der Waals surface area contributed by atoms with Crippen molar-refractivity contribution in [1.82, 2.24) is 14.9 Å². The topological polar surface area (TPSA) is 97.8 Å². The van der Waals surface area contributed by atoms with Crippen LogP contribution in [0.15, 0.2) is 48.8 Å². The molecule has 1 unspecified atom stereocenters. The molecule has 3 heterocycles. The molecule has 2 saturated heterocycles. The molecule has 0 aliphatic carbocycles. The van der Waals surface area contributed by atoms with Crippen LogP contribution in [0, 0.1) is 5.82 Å². The molecule has 3 aromatic rings. The summed E-state index contributed by atoms with van der Waals surface area (Å²) in [4.78, 5) is 23.8. The number of carbonyl (C=O) groups is 1. The summed E-state index contributed by atoms with van der Waals surface area (Å²) in [5, 5.41) is 6.70. The fourth-order valence-electron chi connectivity index (χ4n) is 4.24. The first-order chi connectivity index (χ1) is 18.5. The maximum atomic E-state index is 13.6. The number of rotatable bonds is 9. The lowest BCUT2D eigenvalue weighted by molar-refractivity contribution is -0.112. The summed E-state index contributed by atoms with van der Waals surface area (Å²) in [6.07, 6.45) is 5.75. The van der Waals surface area contributed by atoms with E-state index >= 15 is 0 Å². The van der Waals surface area contributed by atoms with Crippen molar-refractivity contribution in [3.05, 3.63) is 59.7 Å². The Kier molecular flexibility index (Phi) is 8.33. The lowest BCUT2D eigenvalue weighted by atomic mass is 10.1. The number of likely N-dealkylation sites (tertiary alicyclic amines) is 1. The average molecular weight is 542 g/mol. The van der Waals surface area contributed by atoms with Gasteiger partial charge < -0.3 is 24.8 Å². The Labute approximate surface area is 224 Å². The number of hydrogen-bond acceptors (Lipinski definition) is 8. The number of benzene rings is 2. The van der Waals surface area contributed by atoms with Crippen molar-refractivity contribution >= 4 is 45.6 Å². The molecule has 0 spiro atoms. The highest BCUT2D eigenvalue weighted by Crippen LogP contribution is 2.34. The first-order valence-corrected chi connectivity index (χ1v) is 12.9. The van der Waals surface area contributed by atoms with Gasteiger partial charge in [0.15, 0.2) is 0 Å². The van der Waals surface area contributed by atoms with Gasteiger partial charge >= 0.3 is 0 Å². The van der Waals surface area contributed by atoms with Gasteiger partial charge in [0.2, 0.25) is 5.91 Å². The smallest absolute Gasteiger partial charge is 0.248 e. The number of hydrogen-bond donors (Lipinski definition) is 2. The largest absolute Gasteiger partial charge is 0.489 e. The standard InChI is InChI=1S/C27H29ClFN5O4/c1-17-6-8-34(17)7-2-3-26(35)33-24-12-20-23(13-25(24)38-15-19-14-36-9-10-37-19)30-16-31-27(20)32-18-4-5-22(29)21(28)11-18/h2-5,11-13,16-17,19H,6-10,14-15H2,1H3,(H,33,35)(H,30,31,32)/b3-2+/t17?,19-/m0/s1. The SMILES string of the molecule is CC1CCN1C/C=C/C(=O)Nc1cc2c(Nc3ccc(F)c(Cl)c3)ncnc2cc1OC[C@@H]1COCCO1. The van der Waals surface area contributed by atoms with Crippen LogP contribution in [0.5, 0.6) is 5.75 Å². The van der Waals surface area contributed by atoms with Crippen molar-refractivity contribution in [1.29, 1.82) is 0 Å². The zero-order chi connectivity index (χ0) is 26.5. The minimum absolute atomic E-state index is 0.00896. The molecular weight excluding hydrogens is 513 g/mol. The molecule has 1 aromatic heterocycles. The molecule has 11 heteroatoms. The summed E-state index contributed by atoms with van der Waals surface area (Å²) in [6.45, 7) is 5.68. The first-order valence-electron chi connectivity index (χ1n) is 12.5. The maximum absolute atomic E-state index is 13.6. The van der Waals surface area contributed by atoms with Gasteiger partial charge in [-0.3, -0.25) is 9.69 Å². The highest BCUT2D eigenvalue weighted by molar-refractivity contribution is 6.31. The zero-order valence-electron chi connectivity index (χ0n) is 21.0. The van der Waals surface area contributed by atoms with Crippen LogP contribution in [0.2, 0.25) is 5.02 Å². The Hall–Kier alpha value is -3.31. The van der Waals surface area contributed by atoms with Crippen molar-refractivity contribution in [2.45, 2.75) is 25.5 Å². The number of fused-ring (bicyclic) bond motifs is 1. The van der Waals surface area contributed by atoms with Gasteiger partial charge in [-0.25, -0.2) is 14.4 Å².